The summed E-state index contributed by atoms with van der Waals surface area (Å²) in [6.07, 6.45) is 0.792. The minimum absolute atomic E-state index is 0.00661. The van der Waals surface area contributed by atoms with Gasteiger partial charge in [-0.05, 0) is 23.8 Å². The third-order valence-electron chi connectivity index (χ3n) is 2.68. The number of hydrogen-bond acceptors (Lipinski definition) is 2. The summed E-state index contributed by atoms with van der Waals surface area (Å²) in [6, 6.07) is 15.2. The van der Waals surface area contributed by atoms with Crippen LogP contribution in [-0.4, -0.2) is 11.7 Å². The van der Waals surface area contributed by atoms with Crippen LogP contribution in [0.3, 0.4) is 0 Å². The van der Waals surface area contributed by atoms with E-state index in [1.54, 1.807) is 0 Å². The fourth-order valence-corrected chi connectivity index (χ4v) is 1.96. The molecule has 2 nitrogen and oxygen atoms in total. The second kappa shape index (κ2) is 6.43. The first kappa shape index (κ1) is 12.9. The zero-order chi connectivity index (χ0) is 12.8. The van der Waals surface area contributed by atoms with Gasteiger partial charge in [-0.2, -0.15) is 0 Å². The SMILES string of the molecule is OCc1ccccc1OCCc1cccc(Cl)c1. The molecule has 0 saturated carbocycles. The highest BCUT2D eigenvalue weighted by Gasteiger charge is 2.01. The van der Waals surface area contributed by atoms with Crippen LogP contribution < -0.4 is 4.74 Å². The van der Waals surface area contributed by atoms with Crippen LogP contribution in [-0.2, 0) is 13.0 Å². The van der Waals surface area contributed by atoms with Gasteiger partial charge in [0.05, 0.1) is 13.2 Å². The molecule has 2 aromatic carbocycles. The predicted molar refractivity (Wildman–Crippen MR) is 73.0 cm³/mol. The summed E-state index contributed by atoms with van der Waals surface area (Å²) in [4.78, 5) is 0. The molecule has 18 heavy (non-hydrogen) atoms. The summed E-state index contributed by atoms with van der Waals surface area (Å²) in [7, 11) is 0. The van der Waals surface area contributed by atoms with Gasteiger partial charge in [0.25, 0.3) is 0 Å². The molecule has 94 valence electrons. The van der Waals surface area contributed by atoms with Gasteiger partial charge < -0.3 is 9.84 Å². The standard InChI is InChI=1S/C15H15ClO2/c16-14-6-3-4-12(10-14)8-9-18-15-7-2-1-5-13(15)11-17/h1-7,10,17H,8-9,11H2. The van der Waals surface area contributed by atoms with Crippen molar-refractivity contribution >= 4 is 11.6 Å². The number of benzene rings is 2. The highest BCUT2D eigenvalue weighted by atomic mass is 35.5. The third-order valence-corrected chi connectivity index (χ3v) is 2.92. The van der Waals surface area contributed by atoms with Gasteiger partial charge >= 0.3 is 0 Å². The van der Waals surface area contributed by atoms with Crippen LogP contribution >= 0.6 is 11.6 Å². The average Bonchev–Trinajstić information content (AvgIpc) is 2.39. The number of hydrogen-bond donors (Lipinski definition) is 1. The molecule has 3 heteroatoms. The molecule has 0 heterocycles. The van der Waals surface area contributed by atoms with E-state index in [2.05, 4.69) is 0 Å². The number of halogens is 1. The van der Waals surface area contributed by atoms with Gasteiger partial charge in [0.15, 0.2) is 0 Å². The summed E-state index contributed by atoms with van der Waals surface area (Å²) in [5, 5.41) is 9.91. The predicted octanol–water partition coefficient (Wildman–Crippen LogP) is 3.45. The van der Waals surface area contributed by atoms with E-state index >= 15 is 0 Å². The molecule has 0 unspecified atom stereocenters. The molecule has 0 bridgehead atoms. The van der Waals surface area contributed by atoms with Crippen LogP contribution in [0.2, 0.25) is 5.02 Å². The number of aliphatic hydroxyl groups is 1. The smallest absolute Gasteiger partial charge is 0.124 e. The van der Waals surface area contributed by atoms with E-state index in [1.165, 1.54) is 0 Å². The van der Waals surface area contributed by atoms with Gasteiger partial charge in [-0.25, -0.2) is 0 Å². The van der Waals surface area contributed by atoms with Crippen LogP contribution in [0.1, 0.15) is 11.1 Å². The van der Waals surface area contributed by atoms with Crippen molar-refractivity contribution in [1.29, 1.82) is 0 Å². The Labute approximate surface area is 112 Å². The van der Waals surface area contributed by atoms with Crippen molar-refractivity contribution in [3.05, 3.63) is 64.7 Å². The molecule has 0 fully saturated rings. The lowest BCUT2D eigenvalue weighted by Gasteiger charge is -2.09. The van der Waals surface area contributed by atoms with Crippen LogP contribution in [0.25, 0.3) is 0 Å². The molecule has 0 spiro atoms. The Hall–Kier alpha value is -1.51. The van der Waals surface area contributed by atoms with Gasteiger partial charge in [0, 0.05) is 17.0 Å². The molecule has 2 aromatic rings. The normalized spacial score (nSPS) is 10.3. The molecular weight excluding hydrogens is 248 g/mol. The summed E-state index contributed by atoms with van der Waals surface area (Å²) in [6.45, 7) is 0.560. The van der Waals surface area contributed by atoms with E-state index in [1.807, 2.05) is 48.5 Å². The number of aliphatic hydroxyl groups excluding tert-OH is 1. The molecule has 0 aromatic heterocycles. The van der Waals surface area contributed by atoms with Crippen molar-refractivity contribution in [1.82, 2.24) is 0 Å². The zero-order valence-electron chi connectivity index (χ0n) is 9.97. The van der Waals surface area contributed by atoms with Crippen molar-refractivity contribution in [2.24, 2.45) is 0 Å². The first-order valence-corrected chi connectivity index (χ1v) is 6.23. The molecule has 2 rings (SSSR count). The van der Waals surface area contributed by atoms with Crippen LogP contribution in [0.15, 0.2) is 48.5 Å². The fourth-order valence-electron chi connectivity index (χ4n) is 1.75. The van der Waals surface area contributed by atoms with Gasteiger partial charge in [0.2, 0.25) is 0 Å². The second-order valence-electron chi connectivity index (χ2n) is 3.99. The molecule has 0 radical (unpaired) electrons. The summed E-state index contributed by atoms with van der Waals surface area (Å²) >= 11 is 5.91. The largest absolute Gasteiger partial charge is 0.493 e. The third kappa shape index (κ3) is 3.49. The summed E-state index contributed by atoms with van der Waals surface area (Å²) in [5.41, 5.74) is 1.95. The van der Waals surface area contributed by atoms with E-state index in [0.717, 1.165) is 28.3 Å². The minimum atomic E-state index is -0.00661. The molecule has 1 N–H and O–H groups in total. The zero-order valence-corrected chi connectivity index (χ0v) is 10.7. The fraction of sp³-hybridized carbons (Fsp3) is 0.200. The van der Waals surface area contributed by atoms with E-state index in [0.29, 0.717) is 6.61 Å². The van der Waals surface area contributed by atoms with E-state index in [4.69, 9.17) is 16.3 Å². The second-order valence-corrected chi connectivity index (χ2v) is 4.43. The number of para-hydroxylation sites is 1. The molecule has 0 atom stereocenters. The van der Waals surface area contributed by atoms with Gasteiger partial charge in [-0.15, -0.1) is 0 Å². The maximum Gasteiger partial charge on any atom is 0.124 e. The van der Waals surface area contributed by atoms with Gasteiger partial charge in [-0.3, -0.25) is 0 Å². The summed E-state index contributed by atoms with van der Waals surface area (Å²) < 4.78 is 5.67. The minimum Gasteiger partial charge on any atom is -0.493 e. The highest BCUT2D eigenvalue weighted by Crippen LogP contribution is 2.18. The highest BCUT2D eigenvalue weighted by molar-refractivity contribution is 6.30. The summed E-state index contributed by atoms with van der Waals surface area (Å²) in [5.74, 6) is 0.738. The molecule has 0 amide bonds. The van der Waals surface area contributed by atoms with Crippen LogP contribution in [0.5, 0.6) is 5.75 Å². The van der Waals surface area contributed by atoms with E-state index in [-0.39, 0.29) is 6.61 Å². The monoisotopic (exact) mass is 262 g/mol. The lowest BCUT2D eigenvalue weighted by molar-refractivity contribution is 0.264. The van der Waals surface area contributed by atoms with Gasteiger partial charge in [0.1, 0.15) is 5.75 Å². The topological polar surface area (TPSA) is 29.5 Å². The maximum absolute atomic E-state index is 9.17. The molecule has 0 aliphatic carbocycles. The Balaban J connectivity index is 1.92. The Morgan fingerprint density at radius 2 is 1.89 bits per heavy atom. The Morgan fingerprint density at radius 3 is 2.67 bits per heavy atom. The Morgan fingerprint density at radius 1 is 1.06 bits per heavy atom. The Kier molecular flexibility index (Phi) is 4.62. The van der Waals surface area contributed by atoms with Crippen molar-refractivity contribution in [2.45, 2.75) is 13.0 Å². The molecule has 0 aliphatic heterocycles. The lowest BCUT2D eigenvalue weighted by atomic mass is 10.1. The number of rotatable bonds is 5. The van der Waals surface area contributed by atoms with E-state index < -0.39 is 0 Å². The molecule has 0 saturated heterocycles. The lowest BCUT2D eigenvalue weighted by Crippen LogP contribution is -2.03. The maximum atomic E-state index is 9.17. The van der Waals surface area contributed by atoms with Crippen molar-refractivity contribution in [2.75, 3.05) is 6.61 Å². The van der Waals surface area contributed by atoms with Crippen LogP contribution in [0.4, 0.5) is 0 Å². The van der Waals surface area contributed by atoms with Gasteiger partial charge in [-0.1, -0.05) is 41.9 Å². The average molecular weight is 263 g/mol. The molecular formula is C15H15ClO2. The molecule has 0 aliphatic rings. The quantitative estimate of drug-likeness (QED) is 0.894. The Bertz CT molecular complexity index is 511. The van der Waals surface area contributed by atoms with Crippen molar-refractivity contribution in [3.8, 4) is 5.75 Å². The first-order chi connectivity index (χ1) is 8.79. The van der Waals surface area contributed by atoms with E-state index in [9.17, 15) is 5.11 Å². The van der Waals surface area contributed by atoms with Crippen molar-refractivity contribution < 1.29 is 9.84 Å². The first-order valence-electron chi connectivity index (χ1n) is 5.85. The van der Waals surface area contributed by atoms with Crippen molar-refractivity contribution in [3.63, 3.8) is 0 Å². The number of ether oxygens (including phenoxy) is 1. The van der Waals surface area contributed by atoms with Crippen LogP contribution in [0, 0.1) is 0 Å².